The summed E-state index contributed by atoms with van der Waals surface area (Å²) in [7, 11) is 0. The molecule has 0 radical (unpaired) electrons. The number of hydrogen-bond donors (Lipinski definition) is 0. The van der Waals surface area contributed by atoms with E-state index in [1.54, 1.807) is 30.3 Å². The first-order valence-corrected chi connectivity index (χ1v) is 12.3. The van der Waals surface area contributed by atoms with Crippen LogP contribution in [0.5, 0.6) is 0 Å². The highest BCUT2D eigenvalue weighted by Crippen LogP contribution is 2.47. The van der Waals surface area contributed by atoms with Crippen LogP contribution < -0.4 is 4.90 Å². The van der Waals surface area contributed by atoms with Crippen LogP contribution in [-0.4, -0.2) is 29.8 Å². The van der Waals surface area contributed by atoms with Gasteiger partial charge in [-0.2, -0.15) is 5.26 Å². The van der Waals surface area contributed by atoms with E-state index < -0.39 is 11.8 Å². The van der Waals surface area contributed by atoms with Crippen molar-refractivity contribution in [1.29, 1.82) is 5.26 Å². The molecular formula is C26H20Cl2FN3O3. The number of halogens is 3. The predicted octanol–water partition coefficient (Wildman–Crippen LogP) is 6.36. The van der Waals surface area contributed by atoms with Crippen molar-refractivity contribution in [3.63, 3.8) is 0 Å². The van der Waals surface area contributed by atoms with E-state index in [1.807, 2.05) is 11.0 Å². The molecule has 3 aromatic rings. The Bertz CT molecular complexity index is 1360. The molecule has 0 N–H and O–H groups in total. The maximum Gasteiger partial charge on any atom is 0.344 e. The van der Waals surface area contributed by atoms with Gasteiger partial charge in [0, 0.05) is 36.4 Å². The maximum absolute atomic E-state index is 14.6. The van der Waals surface area contributed by atoms with Gasteiger partial charge in [-0.1, -0.05) is 34.4 Å². The average molecular weight is 512 g/mol. The zero-order chi connectivity index (χ0) is 24.3. The van der Waals surface area contributed by atoms with Gasteiger partial charge in [0.05, 0.1) is 27.4 Å². The van der Waals surface area contributed by atoms with E-state index in [-0.39, 0.29) is 29.5 Å². The summed E-state index contributed by atoms with van der Waals surface area (Å²) in [5.74, 6) is -0.173. The molecule has 178 valence electrons. The molecule has 0 amide bonds. The second kappa shape index (κ2) is 8.54. The summed E-state index contributed by atoms with van der Waals surface area (Å²) in [6.07, 6.45) is 2.96. The van der Waals surface area contributed by atoms with Crippen molar-refractivity contribution in [2.24, 2.45) is 5.92 Å². The first-order valence-electron chi connectivity index (χ1n) is 11.6. The van der Waals surface area contributed by atoms with Gasteiger partial charge in [-0.25, -0.2) is 9.18 Å². The van der Waals surface area contributed by atoms with Crippen LogP contribution in [0.4, 0.5) is 10.1 Å². The zero-order valence-corrected chi connectivity index (χ0v) is 20.0. The third-order valence-electron chi connectivity index (χ3n) is 7.19. The minimum atomic E-state index is -0.493. The van der Waals surface area contributed by atoms with Crippen molar-refractivity contribution in [3.05, 3.63) is 69.1 Å². The van der Waals surface area contributed by atoms with Gasteiger partial charge in [-0.15, -0.1) is 0 Å². The van der Waals surface area contributed by atoms with Crippen LogP contribution in [-0.2, 0) is 4.74 Å². The number of nitrogens with zero attached hydrogens (tertiary/aromatic N) is 3. The highest BCUT2D eigenvalue weighted by Gasteiger charge is 2.48. The molecule has 6 rings (SSSR count). The molecule has 3 aliphatic rings. The first kappa shape index (κ1) is 22.4. The first-order chi connectivity index (χ1) is 16.9. The zero-order valence-electron chi connectivity index (χ0n) is 18.5. The topological polar surface area (TPSA) is 79.4 Å². The van der Waals surface area contributed by atoms with Crippen molar-refractivity contribution in [1.82, 2.24) is 5.16 Å². The van der Waals surface area contributed by atoms with Crippen LogP contribution in [0.2, 0.25) is 10.0 Å². The Morgan fingerprint density at radius 2 is 1.97 bits per heavy atom. The number of piperidine rings is 1. The summed E-state index contributed by atoms with van der Waals surface area (Å²) in [4.78, 5) is 15.5. The summed E-state index contributed by atoms with van der Waals surface area (Å²) in [6, 6.07) is 11.6. The molecule has 9 heteroatoms. The number of rotatable bonds is 5. The minimum Gasteiger partial charge on any atom is -0.458 e. The largest absolute Gasteiger partial charge is 0.458 e. The Hall–Kier alpha value is -3.08. The van der Waals surface area contributed by atoms with Gasteiger partial charge in [0.1, 0.15) is 23.2 Å². The Morgan fingerprint density at radius 1 is 1.20 bits per heavy atom. The smallest absolute Gasteiger partial charge is 0.344 e. The third kappa shape index (κ3) is 3.85. The van der Waals surface area contributed by atoms with Gasteiger partial charge >= 0.3 is 5.97 Å². The molecule has 2 heterocycles. The fraction of sp³-hybridized carbons (Fsp3) is 0.346. The lowest BCUT2D eigenvalue weighted by molar-refractivity contribution is 0.0191. The Kier molecular flexibility index (Phi) is 5.46. The molecule has 2 aromatic carbocycles. The number of carbonyl (C=O) groups is 1. The molecular weight excluding hydrogens is 492 g/mol. The number of nitriles is 1. The van der Waals surface area contributed by atoms with Crippen molar-refractivity contribution in [2.45, 2.75) is 43.7 Å². The highest BCUT2D eigenvalue weighted by atomic mass is 35.5. The van der Waals surface area contributed by atoms with Crippen LogP contribution in [0.1, 0.15) is 53.3 Å². The van der Waals surface area contributed by atoms with Gasteiger partial charge in [-0.05, 0) is 49.6 Å². The van der Waals surface area contributed by atoms with Gasteiger partial charge in [-0.3, -0.25) is 0 Å². The van der Waals surface area contributed by atoms with Crippen molar-refractivity contribution in [3.8, 4) is 17.3 Å². The van der Waals surface area contributed by atoms with Gasteiger partial charge < -0.3 is 14.2 Å². The van der Waals surface area contributed by atoms with Crippen molar-refractivity contribution in [2.75, 3.05) is 11.4 Å². The van der Waals surface area contributed by atoms with Gasteiger partial charge in [0.15, 0.2) is 5.76 Å². The Labute approximate surface area is 211 Å². The van der Waals surface area contributed by atoms with Crippen LogP contribution in [0.15, 0.2) is 40.9 Å². The molecule has 6 nitrogen and oxygen atoms in total. The normalized spacial score (nSPS) is 22.9. The molecule has 1 aliphatic heterocycles. The number of anilines is 1. The lowest BCUT2D eigenvalue weighted by atomic mass is 10.0. The van der Waals surface area contributed by atoms with E-state index in [2.05, 4.69) is 5.16 Å². The molecule has 3 unspecified atom stereocenters. The van der Waals surface area contributed by atoms with E-state index in [0.717, 1.165) is 19.3 Å². The monoisotopic (exact) mass is 511 g/mol. The van der Waals surface area contributed by atoms with E-state index in [9.17, 15) is 9.18 Å². The van der Waals surface area contributed by atoms with E-state index >= 15 is 0 Å². The Balaban J connectivity index is 1.24. The second-order valence-corrected chi connectivity index (χ2v) is 10.2. The lowest BCUT2D eigenvalue weighted by Gasteiger charge is -2.33. The van der Waals surface area contributed by atoms with Crippen LogP contribution in [0.25, 0.3) is 11.3 Å². The molecule has 1 aromatic heterocycles. The van der Waals surface area contributed by atoms with E-state index in [4.69, 9.17) is 37.7 Å². The molecule has 3 atom stereocenters. The average Bonchev–Trinajstić information content (AvgIpc) is 3.28. The quantitative estimate of drug-likeness (QED) is 0.370. The summed E-state index contributed by atoms with van der Waals surface area (Å²) in [5, 5.41) is 13.9. The van der Waals surface area contributed by atoms with Crippen molar-refractivity contribution >= 4 is 34.9 Å². The number of aromatic nitrogens is 1. The maximum atomic E-state index is 14.6. The fourth-order valence-electron chi connectivity index (χ4n) is 5.37. The number of hydrogen-bond acceptors (Lipinski definition) is 6. The predicted molar refractivity (Wildman–Crippen MR) is 128 cm³/mol. The molecule has 35 heavy (non-hydrogen) atoms. The highest BCUT2D eigenvalue weighted by molar-refractivity contribution is 6.39. The molecule has 3 fully saturated rings. The van der Waals surface area contributed by atoms with E-state index in [0.29, 0.717) is 51.3 Å². The summed E-state index contributed by atoms with van der Waals surface area (Å²) in [5.41, 5.74) is 1.81. The lowest BCUT2D eigenvalue weighted by Crippen LogP contribution is -2.39. The van der Waals surface area contributed by atoms with Crippen LogP contribution >= 0.6 is 23.2 Å². The molecule has 1 saturated heterocycles. The summed E-state index contributed by atoms with van der Waals surface area (Å²) < 4.78 is 26.2. The minimum absolute atomic E-state index is 0.0584. The SMILES string of the molecule is N#Cc1ccc(N2CC3CC2CC3OC(=O)c2c(-c3c(Cl)cccc3Cl)noc2C2CC2)c(F)c1. The third-order valence-corrected chi connectivity index (χ3v) is 7.82. The summed E-state index contributed by atoms with van der Waals surface area (Å²) in [6.45, 7) is 0.577. The van der Waals surface area contributed by atoms with E-state index in [1.165, 1.54) is 6.07 Å². The number of ether oxygens (including phenoxy) is 1. The fourth-order valence-corrected chi connectivity index (χ4v) is 5.95. The number of esters is 1. The van der Waals surface area contributed by atoms with Crippen LogP contribution in [0.3, 0.4) is 0 Å². The Morgan fingerprint density at radius 3 is 2.60 bits per heavy atom. The number of benzene rings is 2. The molecule has 2 bridgehead atoms. The van der Waals surface area contributed by atoms with Crippen molar-refractivity contribution < 1.29 is 18.4 Å². The van der Waals surface area contributed by atoms with Gasteiger partial charge in [0.25, 0.3) is 0 Å². The summed E-state index contributed by atoms with van der Waals surface area (Å²) >= 11 is 12.8. The molecule has 0 spiro atoms. The standard InChI is InChI=1S/C26H20Cl2FN3O3/c27-17-2-1-3-18(28)22(17)24-23(25(35-31-24)14-5-6-14)26(33)34-21-10-16-9-15(21)12-32(16)20-7-4-13(11-30)8-19(20)29/h1-4,7-8,14-16,21H,5-6,9-10,12H2. The number of fused-ring (bicyclic) bond motifs is 2. The molecule has 2 saturated carbocycles. The number of carbonyl (C=O) groups excluding carboxylic acids is 1. The van der Waals surface area contributed by atoms with Gasteiger partial charge in [0.2, 0.25) is 0 Å². The van der Waals surface area contributed by atoms with Crippen LogP contribution in [0, 0.1) is 23.1 Å². The second-order valence-electron chi connectivity index (χ2n) is 9.40. The molecule has 2 aliphatic carbocycles.